The first-order valence-electron chi connectivity index (χ1n) is 7.37. The van der Waals surface area contributed by atoms with E-state index in [1.807, 2.05) is 0 Å². The molecular weight excluding hydrogens is 278 g/mol. The van der Waals surface area contributed by atoms with Gasteiger partial charge in [-0.05, 0) is 37.6 Å². The Balaban J connectivity index is 1.95. The highest BCUT2D eigenvalue weighted by atomic mass is 16.5. The number of hydrogen-bond acceptors (Lipinski definition) is 3. The zero-order chi connectivity index (χ0) is 15.7. The molecule has 1 unspecified atom stereocenters. The second-order valence-electron chi connectivity index (χ2n) is 5.76. The van der Waals surface area contributed by atoms with E-state index < -0.39 is 5.97 Å². The normalized spacial score (nSPS) is 16.8. The smallest absolute Gasteiger partial charge is 0.335 e. The summed E-state index contributed by atoms with van der Waals surface area (Å²) in [5.74, 6) is -0.175. The molecule has 1 aliphatic rings. The number of aromatic carboxylic acids is 1. The molecule has 0 radical (unpaired) electrons. The molecule has 0 bridgehead atoms. The largest absolute Gasteiger partial charge is 0.489 e. The number of aryl methyl sites for hydroxylation is 1. The van der Waals surface area contributed by atoms with Crippen LogP contribution in [0.15, 0.2) is 42.5 Å². The molecule has 0 spiro atoms. The van der Waals surface area contributed by atoms with Gasteiger partial charge in [0.25, 0.3) is 0 Å². The van der Waals surface area contributed by atoms with E-state index >= 15 is 0 Å². The first kappa shape index (κ1) is 14.4. The Kier molecular flexibility index (Phi) is 3.75. The van der Waals surface area contributed by atoms with E-state index in [1.54, 1.807) is 18.2 Å². The number of carboxylic acids is 1. The minimum atomic E-state index is -0.920. The number of carboxylic acid groups (broad SMARTS) is 1. The molecule has 2 aromatic carbocycles. The topological polar surface area (TPSA) is 49.8 Å². The minimum absolute atomic E-state index is 0.192. The summed E-state index contributed by atoms with van der Waals surface area (Å²) in [5.41, 5.74) is 3.56. The van der Waals surface area contributed by atoms with Crippen LogP contribution in [0.25, 0.3) is 0 Å². The SMILES string of the molecule is Cc1ccc(CN2c3cc(C(=O)O)ccc3OCC2C)cc1. The lowest BCUT2D eigenvalue weighted by Crippen LogP contribution is -2.40. The van der Waals surface area contributed by atoms with Gasteiger partial charge in [0.15, 0.2) is 0 Å². The lowest BCUT2D eigenvalue weighted by molar-refractivity contribution is 0.0697. The summed E-state index contributed by atoms with van der Waals surface area (Å²) in [6.45, 7) is 5.49. The molecule has 0 saturated heterocycles. The van der Waals surface area contributed by atoms with Crippen molar-refractivity contribution in [2.24, 2.45) is 0 Å². The molecule has 4 nitrogen and oxygen atoms in total. The number of ether oxygens (including phenoxy) is 1. The Morgan fingerprint density at radius 3 is 2.68 bits per heavy atom. The highest BCUT2D eigenvalue weighted by molar-refractivity contribution is 5.89. The van der Waals surface area contributed by atoms with Crippen LogP contribution in [0.5, 0.6) is 5.75 Å². The molecule has 0 amide bonds. The van der Waals surface area contributed by atoms with Crippen molar-refractivity contribution in [3.05, 3.63) is 59.2 Å². The molecule has 2 aromatic rings. The molecule has 4 heteroatoms. The number of fused-ring (bicyclic) bond motifs is 1. The van der Waals surface area contributed by atoms with Gasteiger partial charge in [0.2, 0.25) is 0 Å². The van der Waals surface area contributed by atoms with Crippen LogP contribution in [0.1, 0.15) is 28.4 Å². The number of benzene rings is 2. The summed E-state index contributed by atoms with van der Waals surface area (Å²) in [6, 6.07) is 13.6. The summed E-state index contributed by atoms with van der Waals surface area (Å²) in [6.07, 6.45) is 0. The second-order valence-corrected chi connectivity index (χ2v) is 5.76. The van der Waals surface area contributed by atoms with Crippen molar-refractivity contribution in [1.29, 1.82) is 0 Å². The maximum Gasteiger partial charge on any atom is 0.335 e. The Bertz CT molecular complexity index is 694. The van der Waals surface area contributed by atoms with Crippen molar-refractivity contribution < 1.29 is 14.6 Å². The van der Waals surface area contributed by atoms with E-state index in [4.69, 9.17) is 4.74 Å². The molecule has 0 saturated carbocycles. The van der Waals surface area contributed by atoms with E-state index in [2.05, 4.69) is 43.0 Å². The van der Waals surface area contributed by atoms with Gasteiger partial charge in [-0.1, -0.05) is 29.8 Å². The van der Waals surface area contributed by atoms with Gasteiger partial charge in [-0.25, -0.2) is 4.79 Å². The highest BCUT2D eigenvalue weighted by Gasteiger charge is 2.25. The Labute approximate surface area is 130 Å². The summed E-state index contributed by atoms with van der Waals surface area (Å²) in [7, 11) is 0. The predicted octanol–water partition coefficient (Wildman–Crippen LogP) is 3.48. The fraction of sp³-hybridized carbons (Fsp3) is 0.278. The fourth-order valence-corrected chi connectivity index (χ4v) is 2.67. The Hall–Kier alpha value is -2.49. The number of hydrogen-bond donors (Lipinski definition) is 1. The molecule has 1 N–H and O–H groups in total. The Morgan fingerprint density at radius 2 is 2.00 bits per heavy atom. The first-order valence-corrected chi connectivity index (χ1v) is 7.37. The molecule has 22 heavy (non-hydrogen) atoms. The van der Waals surface area contributed by atoms with Crippen LogP contribution in [-0.2, 0) is 6.54 Å². The van der Waals surface area contributed by atoms with Crippen molar-refractivity contribution in [2.45, 2.75) is 26.4 Å². The lowest BCUT2D eigenvalue weighted by atomic mass is 10.1. The van der Waals surface area contributed by atoms with Crippen molar-refractivity contribution in [3.63, 3.8) is 0 Å². The number of carbonyl (C=O) groups is 1. The summed E-state index contributed by atoms with van der Waals surface area (Å²) in [5, 5.41) is 9.20. The minimum Gasteiger partial charge on any atom is -0.489 e. The van der Waals surface area contributed by atoms with Crippen LogP contribution < -0.4 is 9.64 Å². The van der Waals surface area contributed by atoms with Gasteiger partial charge in [-0.2, -0.15) is 0 Å². The van der Waals surface area contributed by atoms with Gasteiger partial charge in [-0.3, -0.25) is 0 Å². The van der Waals surface area contributed by atoms with Gasteiger partial charge >= 0.3 is 5.97 Å². The summed E-state index contributed by atoms with van der Waals surface area (Å²) < 4.78 is 5.72. The maximum absolute atomic E-state index is 11.2. The second kappa shape index (κ2) is 5.72. The number of anilines is 1. The molecule has 114 valence electrons. The number of rotatable bonds is 3. The zero-order valence-corrected chi connectivity index (χ0v) is 12.7. The van der Waals surface area contributed by atoms with Crippen LogP contribution in [0.2, 0.25) is 0 Å². The van der Waals surface area contributed by atoms with E-state index in [-0.39, 0.29) is 11.6 Å². The van der Waals surface area contributed by atoms with Crippen LogP contribution in [0.3, 0.4) is 0 Å². The standard InChI is InChI=1S/C18H19NO3/c1-12-3-5-14(6-4-12)10-19-13(2)11-22-17-8-7-15(18(20)21)9-16(17)19/h3-9,13H,10-11H2,1-2H3,(H,20,21). The zero-order valence-electron chi connectivity index (χ0n) is 12.7. The van der Waals surface area contributed by atoms with Crippen LogP contribution in [0.4, 0.5) is 5.69 Å². The molecule has 0 fully saturated rings. The van der Waals surface area contributed by atoms with Gasteiger partial charge in [0.05, 0.1) is 17.3 Å². The maximum atomic E-state index is 11.2. The Morgan fingerprint density at radius 1 is 1.27 bits per heavy atom. The van der Waals surface area contributed by atoms with E-state index in [9.17, 15) is 9.90 Å². The van der Waals surface area contributed by atoms with E-state index in [1.165, 1.54) is 11.1 Å². The average Bonchev–Trinajstić information content (AvgIpc) is 2.51. The average molecular weight is 297 g/mol. The van der Waals surface area contributed by atoms with Crippen molar-refractivity contribution >= 4 is 11.7 Å². The molecule has 3 rings (SSSR count). The van der Waals surface area contributed by atoms with Gasteiger partial charge in [0, 0.05) is 6.54 Å². The van der Waals surface area contributed by atoms with Crippen LogP contribution in [0, 0.1) is 6.92 Å². The highest BCUT2D eigenvalue weighted by Crippen LogP contribution is 2.35. The van der Waals surface area contributed by atoms with Gasteiger partial charge < -0.3 is 14.7 Å². The predicted molar refractivity (Wildman–Crippen MR) is 85.7 cm³/mol. The molecule has 1 aliphatic heterocycles. The molecule has 0 aromatic heterocycles. The van der Waals surface area contributed by atoms with Crippen LogP contribution in [-0.4, -0.2) is 23.7 Å². The lowest BCUT2D eigenvalue weighted by Gasteiger charge is -2.37. The quantitative estimate of drug-likeness (QED) is 0.942. The van der Waals surface area contributed by atoms with Gasteiger partial charge in [0.1, 0.15) is 12.4 Å². The summed E-state index contributed by atoms with van der Waals surface area (Å²) in [4.78, 5) is 13.4. The third-order valence-corrected chi connectivity index (χ3v) is 4.00. The molecule has 0 aliphatic carbocycles. The molecule has 1 heterocycles. The van der Waals surface area contributed by atoms with Crippen molar-refractivity contribution in [1.82, 2.24) is 0 Å². The number of nitrogens with zero attached hydrogens (tertiary/aromatic N) is 1. The third kappa shape index (κ3) is 2.77. The molecular formula is C18H19NO3. The summed E-state index contributed by atoms with van der Waals surface area (Å²) >= 11 is 0. The van der Waals surface area contributed by atoms with Crippen molar-refractivity contribution in [2.75, 3.05) is 11.5 Å². The van der Waals surface area contributed by atoms with Crippen molar-refractivity contribution in [3.8, 4) is 5.75 Å². The van der Waals surface area contributed by atoms with Crippen LogP contribution >= 0.6 is 0 Å². The van der Waals surface area contributed by atoms with E-state index in [0.29, 0.717) is 6.61 Å². The van der Waals surface area contributed by atoms with E-state index in [0.717, 1.165) is 18.0 Å². The third-order valence-electron chi connectivity index (χ3n) is 4.00. The fourth-order valence-electron chi connectivity index (χ4n) is 2.67. The molecule has 1 atom stereocenters. The van der Waals surface area contributed by atoms with Gasteiger partial charge in [-0.15, -0.1) is 0 Å². The monoisotopic (exact) mass is 297 g/mol. The first-order chi connectivity index (χ1) is 10.5.